The molecule has 1 atom stereocenters. The molecule has 1 radical (unpaired) electrons. The van der Waals surface area contributed by atoms with Gasteiger partial charge in [0.2, 0.25) is 16.3 Å². The quantitative estimate of drug-likeness (QED) is 0.360. The monoisotopic (exact) mass is 107 g/mol. The average Bonchev–Trinajstić information content (AvgIpc) is 1.38. The predicted molar refractivity (Wildman–Crippen MR) is 23.9 cm³/mol. The van der Waals surface area contributed by atoms with Crippen molar-refractivity contribution >= 4 is 16.3 Å². The van der Waals surface area contributed by atoms with Crippen LogP contribution < -0.4 is 0 Å². The van der Waals surface area contributed by atoms with Crippen LogP contribution in [-0.4, -0.2) is 43.6 Å². The van der Waals surface area contributed by atoms with Gasteiger partial charge < -0.3 is 15.7 Å². The summed E-state index contributed by atoms with van der Waals surface area (Å²) in [5.74, 6) is 0. The average molecular weight is 107 g/mol. The van der Waals surface area contributed by atoms with E-state index in [2.05, 4.69) is 0 Å². The van der Waals surface area contributed by atoms with Crippen molar-refractivity contribution in [3.8, 4) is 0 Å². The standard InChI is InChI=1S/C2H5O2.Al.H2O.H/c3-1-2-4;;;/h1,3-4H,2H2;;1H2;. The molecule has 6 heavy (non-hydrogen) atoms. The Labute approximate surface area is 44.3 Å². The number of hydrogen-bond acceptors (Lipinski definition) is 2. The third-order valence-corrected chi connectivity index (χ3v) is 0.469. The van der Waals surface area contributed by atoms with E-state index in [4.69, 9.17) is 10.2 Å². The first kappa shape index (κ1) is 9.65. The third kappa shape index (κ3) is 8.83. The van der Waals surface area contributed by atoms with Crippen molar-refractivity contribution in [3.05, 3.63) is 0 Å². The molecule has 0 fully saturated rings. The van der Waals surface area contributed by atoms with Gasteiger partial charge in [0.1, 0.15) is 0 Å². The Bertz CT molecular complexity index is 22.8. The normalized spacial score (nSPS) is 12.3. The minimum atomic E-state index is -0.532. The van der Waals surface area contributed by atoms with Gasteiger partial charge in [-0.1, -0.05) is 0 Å². The second kappa shape index (κ2) is 5.41. The largest absolute Gasteiger partial charge is 0.412 e. The molecule has 1 unspecified atom stereocenters. The lowest BCUT2D eigenvalue weighted by molar-refractivity contribution is 0.155. The van der Waals surface area contributed by atoms with Crippen molar-refractivity contribution in [1.29, 1.82) is 0 Å². The van der Waals surface area contributed by atoms with Gasteiger partial charge in [-0.25, -0.2) is 0 Å². The zero-order chi connectivity index (χ0) is 4.28. The summed E-state index contributed by atoms with van der Waals surface area (Å²) in [6, 6.07) is 0. The molecule has 0 amide bonds. The molecule has 0 aliphatic rings. The molecule has 0 aromatic carbocycles. The lowest BCUT2D eigenvalue weighted by atomic mass is 10.8. The van der Waals surface area contributed by atoms with Crippen molar-refractivity contribution in [1.82, 2.24) is 0 Å². The molecule has 37 valence electrons. The Kier molecular flexibility index (Phi) is 8.70. The van der Waals surface area contributed by atoms with Gasteiger partial charge in [-0.2, -0.15) is 0 Å². The van der Waals surface area contributed by atoms with Crippen LogP contribution in [-0.2, 0) is 0 Å². The Morgan fingerprint density at radius 1 is 1.67 bits per heavy atom. The molecular formula is C2H8AlO3. The summed E-state index contributed by atoms with van der Waals surface area (Å²) < 4.78 is 0. The van der Waals surface area contributed by atoms with Gasteiger partial charge in [-0.15, -0.1) is 0 Å². The molecule has 0 aliphatic carbocycles. The van der Waals surface area contributed by atoms with Gasteiger partial charge in [0, 0.05) is 4.97 Å². The predicted octanol–water partition coefficient (Wildman–Crippen LogP) is -2.63. The molecule has 4 heteroatoms. The SMILES string of the molecule is O.OC[CH](O)[AlH]. The Hall–Kier alpha value is 0.412. The summed E-state index contributed by atoms with van der Waals surface area (Å²) in [5, 5.41) is 16.0. The topological polar surface area (TPSA) is 72.0 Å². The Morgan fingerprint density at radius 2 is 1.83 bits per heavy atom. The summed E-state index contributed by atoms with van der Waals surface area (Å²) in [4.78, 5) is -0.532. The lowest BCUT2D eigenvalue weighted by Crippen LogP contribution is -2.09. The zero-order valence-electron chi connectivity index (χ0n) is 3.39. The highest BCUT2D eigenvalue weighted by molar-refractivity contribution is 6.10. The highest BCUT2D eigenvalue weighted by Gasteiger charge is 1.83. The molecular weight excluding hydrogens is 99.0 g/mol. The maximum Gasteiger partial charge on any atom is 0.225 e. The summed E-state index contributed by atoms with van der Waals surface area (Å²) in [6.07, 6.45) is 0. The van der Waals surface area contributed by atoms with Crippen molar-refractivity contribution < 1.29 is 15.7 Å². The van der Waals surface area contributed by atoms with Gasteiger partial charge in [0.25, 0.3) is 0 Å². The molecule has 0 aromatic rings. The zero-order valence-corrected chi connectivity index (χ0v) is 4.80. The molecule has 0 aromatic heterocycles. The summed E-state index contributed by atoms with van der Waals surface area (Å²) in [7, 11) is 0. The van der Waals surface area contributed by atoms with Crippen molar-refractivity contribution in [3.63, 3.8) is 0 Å². The smallest absolute Gasteiger partial charge is 0.225 e. The van der Waals surface area contributed by atoms with E-state index in [1.807, 2.05) is 0 Å². The van der Waals surface area contributed by atoms with Crippen molar-refractivity contribution in [2.24, 2.45) is 0 Å². The van der Waals surface area contributed by atoms with Crippen molar-refractivity contribution in [2.75, 3.05) is 6.61 Å². The highest BCUT2D eigenvalue weighted by atomic mass is 27.0. The molecule has 0 spiro atoms. The van der Waals surface area contributed by atoms with Crippen LogP contribution in [0.5, 0.6) is 0 Å². The second-order valence-electron chi connectivity index (χ2n) is 0.836. The van der Waals surface area contributed by atoms with Gasteiger partial charge in [-0.3, -0.25) is 0 Å². The fraction of sp³-hybridized carbons (Fsp3) is 1.00. The van der Waals surface area contributed by atoms with Crippen LogP contribution in [0.2, 0.25) is 0 Å². The Morgan fingerprint density at radius 3 is 1.83 bits per heavy atom. The lowest BCUT2D eigenvalue weighted by Gasteiger charge is -1.90. The van der Waals surface area contributed by atoms with Gasteiger partial charge in [-0.05, 0) is 0 Å². The maximum atomic E-state index is 8.12. The van der Waals surface area contributed by atoms with E-state index in [1.54, 1.807) is 0 Å². The molecule has 0 saturated carbocycles. The molecule has 0 saturated heterocycles. The van der Waals surface area contributed by atoms with Crippen LogP contribution >= 0.6 is 0 Å². The molecule has 0 bridgehead atoms. The molecule has 4 N–H and O–H groups in total. The van der Waals surface area contributed by atoms with E-state index in [1.165, 1.54) is 16.3 Å². The first-order chi connectivity index (χ1) is 2.27. The van der Waals surface area contributed by atoms with Crippen LogP contribution in [0.25, 0.3) is 0 Å². The number of hydrogen-bond donors (Lipinski definition) is 2. The summed E-state index contributed by atoms with van der Waals surface area (Å²) in [5.41, 5.74) is 0. The fourth-order valence-electron chi connectivity index (χ4n) is 0. The first-order valence-corrected chi connectivity index (χ1v) is 2.21. The maximum absolute atomic E-state index is 8.12. The molecule has 3 nitrogen and oxygen atoms in total. The van der Waals surface area contributed by atoms with E-state index < -0.39 is 4.97 Å². The highest BCUT2D eigenvalue weighted by Crippen LogP contribution is 1.61. The van der Waals surface area contributed by atoms with Gasteiger partial charge >= 0.3 is 0 Å². The van der Waals surface area contributed by atoms with Crippen LogP contribution in [0, 0.1) is 0 Å². The fourth-order valence-corrected chi connectivity index (χ4v) is 0. The van der Waals surface area contributed by atoms with Gasteiger partial charge in [0.15, 0.2) is 0 Å². The minimum absolute atomic E-state index is 0. The van der Waals surface area contributed by atoms with E-state index >= 15 is 0 Å². The molecule has 0 aliphatic heterocycles. The first-order valence-electron chi connectivity index (χ1n) is 1.39. The summed E-state index contributed by atoms with van der Waals surface area (Å²) in [6.45, 7) is -0.127. The molecule has 0 rings (SSSR count). The van der Waals surface area contributed by atoms with Gasteiger partial charge in [0.05, 0.1) is 6.61 Å². The number of aliphatic hydroxyl groups excluding tert-OH is 2. The number of rotatable bonds is 1. The Balaban J connectivity index is 0. The number of aliphatic hydroxyl groups is 2. The minimum Gasteiger partial charge on any atom is -0.412 e. The van der Waals surface area contributed by atoms with E-state index in [0.29, 0.717) is 0 Å². The van der Waals surface area contributed by atoms with E-state index in [9.17, 15) is 0 Å². The van der Waals surface area contributed by atoms with E-state index in [0.717, 1.165) is 0 Å². The van der Waals surface area contributed by atoms with Crippen LogP contribution in [0.3, 0.4) is 0 Å². The second-order valence-corrected chi connectivity index (χ2v) is 1.78. The van der Waals surface area contributed by atoms with Crippen LogP contribution in [0.1, 0.15) is 0 Å². The summed E-state index contributed by atoms with van der Waals surface area (Å²) >= 11 is 1.36. The van der Waals surface area contributed by atoms with Crippen LogP contribution in [0.4, 0.5) is 0 Å². The molecule has 0 heterocycles. The van der Waals surface area contributed by atoms with E-state index in [-0.39, 0.29) is 12.1 Å². The van der Waals surface area contributed by atoms with Crippen molar-refractivity contribution in [2.45, 2.75) is 4.97 Å². The van der Waals surface area contributed by atoms with Crippen LogP contribution in [0.15, 0.2) is 0 Å². The third-order valence-electron chi connectivity index (χ3n) is 0.211.